The Morgan fingerprint density at radius 2 is 1.78 bits per heavy atom. The van der Waals surface area contributed by atoms with Crippen molar-refractivity contribution in [2.45, 2.75) is 4.90 Å². The summed E-state index contributed by atoms with van der Waals surface area (Å²) in [4.78, 5) is 22.7. The van der Waals surface area contributed by atoms with E-state index in [1.54, 1.807) is 0 Å². The van der Waals surface area contributed by atoms with Gasteiger partial charge in [0.15, 0.2) is 6.61 Å². The normalized spacial score (nSPS) is 15.9. The molecule has 0 spiro atoms. The zero-order chi connectivity index (χ0) is 16.9. The number of ether oxygens (including phenoxy) is 3. The zero-order valence-corrected chi connectivity index (χ0v) is 13.4. The second kappa shape index (κ2) is 7.53. The van der Waals surface area contributed by atoms with Gasteiger partial charge < -0.3 is 14.2 Å². The number of benzene rings is 1. The van der Waals surface area contributed by atoms with Gasteiger partial charge in [-0.2, -0.15) is 4.31 Å². The van der Waals surface area contributed by atoms with Gasteiger partial charge >= 0.3 is 11.9 Å². The molecule has 2 rings (SSSR count). The fourth-order valence-electron chi connectivity index (χ4n) is 1.97. The molecule has 9 heteroatoms. The molecule has 0 bridgehead atoms. The molecule has 1 aliphatic rings. The van der Waals surface area contributed by atoms with Crippen LogP contribution in [0.1, 0.15) is 10.4 Å². The SMILES string of the molecule is COC(=O)COC(=O)c1ccc(S(=O)(=O)N2CCOCC2)cc1. The van der Waals surface area contributed by atoms with Crippen molar-refractivity contribution in [3.05, 3.63) is 29.8 Å². The highest BCUT2D eigenvalue weighted by atomic mass is 32.2. The van der Waals surface area contributed by atoms with E-state index in [-0.39, 0.29) is 10.5 Å². The first-order chi connectivity index (χ1) is 10.9. The third kappa shape index (κ3) is 4.27. The second-order valence-electron chi connectivity index (χ2n) is 4.69. The number of nitrogens with zero attached hydrogens (tertiary/aromatic N) is 1. The summed E-state index contributed by atoms with van der Waals surface area (Å²) in [5, 5.41) is 0. The third-order valence-electron chi connectivity index (χ3n) is 3.25. The summed E-state index contributed by atoms with van der Waals surface area (Å²) in [6, 6.07) is 5.35. The molecular formula is C14H17NO7S. The Labute approximate surface area is 134 Å². The molecule has 1 aliphatic heterocycles. The predicted molar refractivity (Wildman–Crippen MR) is 78.3 cm³/mol. The Hall–Kier alpha value is -1.97. The van der Waals surface area contributed by atoms with Gasteiger partial charge in [0.05, 0.1) is 30.8 Å². The molecule has 1 aromatic carbocycles. The lowest BCUT2D eigenvalue weighted by Crippen LogP contribution is -2.40. The van der Waals surface area contributed by atoms with E-state index in [9.17, 15) is 18.0 Å². The topological polar surface area (TPSA) is 99.2 Å². The van der Waals surface area contributed by atoms with E-state index in [4.69, 9.17) is 9.47 Å². The minimum Gasteiger partial charge on any atom is -0.466 e. The summed E-state index contributed by atoms with van der Waals surface area (Å²) in [5.74, 6) is -1.41. The molecule has 0 radical (unpaired) electrons. The summed E-state index contributed by atoms with van der Waals surface area (Å²) in [5.41, 5.74) is 0.148. The van der Waals surface area contributed by atoms with Crippen LogP contribution in [0.15, 0.2) is 29.2 Å². The molecule has 8 nitrogen and oxygen atoms in total. The van der Waals surface area contributed by atoms with Crippen LogP contribution in [0.5, 0.6) is 0 Å². The Kier molecular flexibility index (Phi) is 5.69. The van der Waals surface area contributed by atoms with Crippen LogP contribution in [-0.2, 0) is 29.0 Å². The Bertz CT molecular complexity index is 663. The summed E-state index contributed by atoms with van der Waals surface area (Å²) >= 11 is 0. The largest absolute Gasteiger partial charge is 0.466 e. The highest BCUT2D eigenvalue weighted by Gasteiger charge is 2.26. The number of hydrogen-bond acceptors (Lipinski definition) is 7. The maximum absolute atomic E-state index is 12.4. The van der Waals surface area contributed by atoms with Crippen LogP contribution in [0.4, 0.5) is 0 Å². The van der Waals surface area contributed by atoms with Crippen molar-refractivity contribution < 1.29 is 32.2 Å². The van der Waals surface area contributed by atoms with Crippen LogP contribution < -0.4 is 0 Å². The molecule has 1 saturated heterocycles. The first-order valence-electron chi connectivity index (χ1n) is 6.87. The minimum absolute atomic E-state index is 0.0870. The standard InChI is InChI=1S/C14H17NO7S/c1-20-13(16)10-22-14(17)11-2-4-12(5-3-11)23(18,19)15-6-8-21-9-7-15/h2-5H,6-10H2,1H3. The minimum atomic E-state index is -3.61. The summed E-state index contributed by atoms with van der Waals surface area (Å²) in [7, 11) is -2.43. The highest BCUT2D eigenvalue weighted by Crippen LogP contribution is 2.18. The van der Waals surface area contributed by atoms with Gasteiger partial charge in [-0.1, -0.05) is 0 Å². The molecule has 1 heterocycles. The van der Waals surface area contributed by atoms with Gasteiger partial charge in [-0.25, -0.2) is 18.0 Å². The van der Waals surface area contributed by atoms with E-state index in [1.807, 2.05) is 0 Å². The molecule has 0 amide bonds. The first kappa shape index (κ1) is 17.4. The second-order valence-corrected chi connectivity index (χ2v) is 6.63. The number of morpholine rings is 1. The number of rotatable bonds is 5. The van der Waals surface area contributed by atoms with E-state index in [2.05, 4.69) is 4.74 Å². The fourth-order valence-corrected chi connectivity index (χ4v) is 3.37. The fraction of sp³-hybridized carbons (Fsp3) is 0.429. The molecular weight excluding hydrogens is 326 g/mol. The van der Waals surface area contributed by atoms with E-state index in [0.717, 1.165) is 0 Å². The van der Waals surface area contributed by atoms with Crippen molar-refractivity contribution in [1.82, 2.24) is 4.31 Å². The Morgan fingerprint density at radius 1 is 1.17 bits per heavy atom. The van der Waals surface area contributed by atoms with Crippen LogP contribution in [0.25, 0.3) is 0 Å². The summed E-state index contributed by atoms with van der Waals surface area (Å²) in [6.45, 7) is 0.814. The third-order valence-corrected chi connectivity index (χ3v) is 5.16. The van der Waals surface area contributed by atoms with Gasteiger partial charge in [-0.15, -0.1) is 0 Å². The Balaban J connectivity index is 2.06. The molecule has 1 fully saturated rings. The molecule has 0 saturated carbocycles. The predicted octanol–water partition coefficient (Wildman–Crippen LogP) is 0.0373. The number of carbonyl (C=O) groups excluding carboxylic acids is 2. The lowest BCUT2D eigenvalue weighted by molar-refractivity contribution is -0.144. The molecule has 0 aromatic heterocycles. The maximum Gasteiger partial charge on any atom is 0.344 e. The van der Waals surface area contributed by atoms with Crippen molar-refractivity contribution >= 4 is 22.0 Å². The van der Waals surface area contributed by atoms with Gasteiger partial charge in [0.2, 0.25) is 10.0 Å². The average Bonchev–Trinajstić information content (AvgIpc) is 2.60. The molecule has 126 valence electrons. The van der Waals surface area contributed by atoms with Crippen molar-refractivity contribution in [3.8, 4) is 0 Å². The van der Waals surface area contributed by atoms with Crippen molar-refractivity contribution in [2.75, 3.05) is 40.0 Å². The number of sulfonamides is 1. The summed E-state index contributed by atoms with van der Waals surface area (Å²) < 4.78 is 40.4. The van der Waals surface area contributed by atoms with E-state index in [0.29, 0.717) is 26.3 Å². The van der Waals surface area contributed by atoms with Crippen molar-refractivity contribution in [1.29, 1.82) is 0 Å². The molecule has 23 heavy (non-hydrogen) atoms. The van der Waals surface area contributed by atoms with Crippen LogP contribution >= 0.6 is 0 Å². The van der Waals surface area contributed by atoms with Gasteiger partial charge in [-0.05, 0) is 24.3 Å². The molecule has 0 aliphatic carbocycles. The van der Waals surface area contributed by atoms with Crippen LogP contribution in [-0.4, -0.2) is 64.7 Å². The van der Waals surface area contributed by atoms with Gasteiger partial charge in [0.1, 0.15) is 0 Å². The lowest BCUT2D eigenvalue weighted by atomic mass is 10.2. The highest BCUT2D eigenvalue weighted by molar-refractivity contribution is 7.89. The zero-order valence-electron chi connectivity index (χ0n) is 12.6. The summed E-state index contributed by atoms with van der Waals surface area (Å²) in [6.07, 6.45) is 0. The van der Waals surface area contributed by atoms with Crippen LogP contribution in [0, 0.1) is 0 Å². The Morgan fingerprint density at radius 3 is 2.35 bits per heavy atom. The van der Waals surface area contributed by atoms with Crippen LogP contribution in [0.3, 0.4) is 0 Å². The quantitative estimate of drug-likeness (QED) is 0.696. The first-order valence-corrected chi connectivity index (χ1v) is 8.31. The van der Waals surface area contributed by atoms with Crippen molar-refractivity contribution in [3.63, 3.8) is 0 Å². The van der Waals surface area contributed by atoms with E-state index >= 15 is 0 Å². The van der Waals surface area contributed by atoms with Crippen LogP contribution in [0.2, 0.25) is 0 Å². The van der Waals surface area contributed by atoms with E-state index in [1.165, 1.54) is 35.7 Å². The molecule has 0 N–H and O–H groups in total. The lowest BCUT2D eigenvalue weighted by Gasteiger charge is -2.26. The molecule has 0 unspecified atom stereocenters. The molecule has 0 atom stereocenters. The van der Waals surface area contributed by atoms with Crippen molar-refractivity contribution in [2.24, 2.45) is 0 Å². The number of carbonyl (C=O) groups is 2. The van der Waals surface area contributed by atoms with E-state index < -0.39 is 28.6 Å². The average molecular weight is 343 g/mol. The number of hydrogen-bond donors (Lipinski definition) is 0. The smallest absolute Gasteiger partial charge is 0.344 e. The van der Waals surface area contributed by atoms with Gasteiger partial charge in [-0.3, -0.25) is 0 Å². The maximum atomic E-state index is 12.4. The van der Waals surface area contributed by atoms with Gasteiger partial charge in [0.25, 0.3) is 0 Å². The van der Waals surface area contributed by atoms with Gasteiger partial charge in [0, 0.05) is 13.1 Å². The number of methoxy groups -OCH3 is 1. The monoisotopic (exact) mass is 343 g/mol. The number of esters is 2. The molecule has 1 aromatic rings.